The van der Waals surface area contributed by atoms with Gasteiger partial charge in [0.1, 0.15) is 0 Å². The molecular formula is C37H67P3Se6. The molecule has 0 heterocycles. The number of hydrogen-bond acceptors (Lipinski definition) is 0. The molecule has 6 rings (SSSR count). The Morgan fingerprint density at radius 2 is 0.391 bits per heavy atom. The predicted molar refractivity (Wildman–Crippen MR) is 220 cm³/mol. The Bertz CT molecular complexity index is 638. The fourth-order valence-electron chi connectivity index (χ4n) is 8.54. The quantitative estimate of drug-likeness (QED) is 0.113. The fourth-order valence-corrected chi connectivity index (χ4v) is 136. The Morgan fingerprint density at radius 1 is 0.239 bits per heavy atom. The zero-order chi connectivity index (χ0) is 31.2. The summed E-state index contributed by atoms with van der Waals surface area (Å²) in [5.74, 6) is 0. The van der Waals surface area contributed by atoms with Crippen molar-refractivity contribution in [2.24, 2.45) is 0 Å². The van der Waals surface area contributed by atoms with E-state index in [-0.39, 0.29) is 0 Å². The van der Waals surface area contributed by atoms with E-state index in [1.54, 1.807) is 193 Å². The van der Waals surface area contributed by atoms with E-state index in [2.05, 4.69) is 0 Å². The Morgan fingerprint density at radius 3 is 0.543 bits per heavy atom. The van der Waals surface area contributed by atoms with E-state index >= 15 is 0 Å². The van der Waals surface area contributed by atoms with Crippen LogP contribution >= 0.6 is 15.9 Å². The van der Waals surface area contributed by atoms with E-state index in [1.165, 1.54) is 34.0 Å². The SMILES string of the molecule is C1CCC([Se]P([Se]C2CCCCC2)C(P([Se]C2CCCCC2)[Se]C2CCCCC2)P([Se]C2CCCCC2)[Se]C2CCCCC2)CC1. The van der Waals surface area contributed by atoms with Crippen LogP contribution in [0.5, 0.6) is 0 Å². The third kappa shape index (κ3) is 13.9. The van der Waals surface area contributed by atoms with Crippen LogP contribution in [0.15, 0.2) is 0 Å². The second-order valence-corrected chi connectivity index (χ2v) is 62.9. The van der Waals surface area contributed by atoms with E-state index in [9.17, 15) is 0 Å². The molecule has 0 amide bonds. The van der Waals surface area contributed by atoms with Crippen molar-refractivity contribution in [3.05, 3.63) is 0 Å². The van der Waals surface area contributed by atoms with Crippen LogP contribution in [0, 0.1) is 0 Å². The maximum atomic E-state index is 1.67. The van der Waals surface area contributed by atoms with Gasteiger partial charge in [-0.05, 0) is 0 Å². The minimum absolute atomic E-state index is 0.389. The van der Waals surface area contributed by atoms with Crippen LogP contribution in [-0.2, 0) is 0 Å². The Hall–Kier alpha value is 4.41. The molecule has 6 aliphatic carbocycles. The third-order valence-corrected chi connectivity index (χ3v) is 82.3. The molecule has 6 fully saturated rings. The maximum absolute atomic E-state index is 1.67. The van der Waals surface area contributed by atoms with Gasteiger partial charge in [-0.3, -0.25) is 0 Å². The molecule has 46 heavy (non-hydrogen) atoms. The van der Waals surface area contributed by atoms with E-state index in [4.69, 9.17) is 0 Å². The van der Waals surface area contributed by atoms with Crippen LogP contribution in [0.3, 0.4) is 0 Å². The molecule has 9 heteroatoms. The van der Waals surface area contributed by atoms with Crippen molar-refractivity contribution in [1.82, 2.24) is 0 Å². The van der Waals surface area contributed by atoms with Crippen LogP contribution in [-0.4, -0.2) is 92.2 Å². The van der Waals surface area contributed by atoms with Crippen LogP contribution < -0.4 is 0 Å². The van der Waals surface area contributed by atoms with Gasteiger partial charge in [0.05, 0.1) is 0 Å². The summed E-state index contributed by atoms with van der Waals surface area (Å²) in [6, 6.07) is 0. The first-order valence-electron chi connectivity index (χ1n) is 20.2. The molecule has 266 valence electrons. The van der Waals surface area contributed by atoms with Crippen LogP contribution in [0.2, 0.25) is 28.9 Å². The van der Waals surface area contributed by atoms with Gasteiger partial charge >= 0.3 is 330 Å². The van der Waals surface area contributed by atoms with E-state index < -0.39 is 0 Å². The Balaban J connectivity index is 1.34. The molecular weight excluding hydrogens is 1010 g/mol. The third-order valence-electron chi connectivity index (χ3n) is 11.4. The van der Waals surface area contributed by atoms with Gasteiger partial charge in [0.15, 0.2) is 0 Å². The van der Waals surface area contributed by atoms with Crippen molar-refractivity contribution < 1.29 is 0 Å². The molecule has 0 spiro atoms. The van der Waals surface area contributed by atoms with Crippen LogP contribution in [0.1, 0.15) is 193 Å². The van der Waals surface area contributed by atoms with Gasteiger partial charge in [-0.15, -0.1) is 0 Å². The molecule has 0 unspecified atom stereocenters. The normalized spacial score (nSPS) is 26.6. The summed E-state index contributed by atoms with van der Waals surface area (Å²) < 4.78 is 0. The second kappa shape index (κ2) is 23.4. The average Bonchev–Trinajstić information content (AvgIpc) is 3.11. The molecule has 0 saturated heterocycles. The van der Waals surface area contributed by atoms with Crippen molar-refractivity contribution in [2.45, 2.75) is 227 Å². The van der Waals surface area contributed by atoms with Gasteiger partial charge in [0.2, 0.25) is 0 Å². The summed E-state index contributed by atoms with van der Waals surface area (Å²) in [6.07, 6.45) is 48.8. The Kier molecular flexibility index (Phi) is 20.3. The summed E-state index contributed by atoms with van der Waals surface area (Å²) in [4.78, 5) is 7.35. The van der Waals surface area contributed by atoms with Crippen LogP contribution in [0.25, 0.3) is 0 Å². The molecule has 0 atom stereocenters. The van der Waals surface area contributed by atoms with Crippen molar-refractivity contribution in [3.8, 4) is 0 Å². The average molecular weight is 1080 g/mol. The molecule has 0 nitrogen and oxygen atoms in total. The molecule has 0 radical (unpaired) electrons. The Labute approximate surface area is 326 Å². The summed E-state index contributed by atoms with van der Waals surface area (Å²) in [7, 11) is 0. The zero-order valence-electron chi connectivity index (χ0n) is 29.0. The molecule has 6 aliphatic rings. The molecule has 0 aromatic heterocycles. The zero-order valence-corrected chi connectivity index (χ0v) is 42.0. The summed E-state index contributed by atoms with van der Waals surface area (Å²) in [5.41, 5.74) is 0. The van der Waals surface area contributed by atoms with Crippen molar-refractivity contribution in [1.29, 1.82) is 0 Å². The van der Waals surface area contributed by atoms with Gasteiger partial charge < -0.3 is 0 Å². The summed E-state index contributed by atoms with van der Waals surface area (Å²) in [6.45, 7) is 0. The van der Waals surface area contributed by atoms with E-state index in [0.717, 1.165) is 87.1 Å². The molecule has 0 aromatic rings. The first-order valence-corrected chi connectivity index (χ1v) is 43.6. The summed E-state index contributed by atoms with van der Waals surface area (Å²) in [5, 5.41) is 2.59. The second-order valence-electron chi connectivity index (χ2n) is 15.4. The van der Waals surface area contributed by atoms with Crippen molar-refractivity contribution in [3.63, 3.8) is 0 Å². The first kappa shape index (κ1) is 40.1. The van der Waals surface area contributed by atoms with Crippen molar-refractivity contribution in [2.75, 3.05) is 0 Å². The molecule has 6 saturated carbocycles. The molecule has 0 aliphatic heterocycles. The van der Waals surface area contributed by atoms with E-state index in [1.807, 2.05) is 0 Å². The molecule has 0 aromatic carbocycles. The van der Waals surface area contributed by atoms with Gasteiger partial charge in [0, 0.05) is 0 Å². The molecule has 0 N–H and O–H groups in total. The standard InChI is InChI=1S/C37H67P3Se6/c1-7-19-31(20-8-1)41-38(42-32-21-9-2-10-22-32)37(39(43-33-23-11-3-12-24-33)44-34-25-13-4-14-26-34)40(45-35-27-15-5-16-28-35)46-36-29-17-6-18-30-36/h31-37H,1-30H2. The first-order chi connectivity index (χ1) is 22.8. The fraction of sp³-hybridized carbons (Fsp3) is 1.00. The number of rotatable bonds is 15. The predicted octanol–water partition coefficient (Wildman–Crippen LogP) is 13.9. The van der Waals surface area contributed by atoms with Crippen LogP contribution in [0.4, 0.5) is 0 Å². The van der Waals surface area contributed by atoms with Gasteiger partial charge in [-0.1, -0.05) is 0 Å². The number of hydrogen-bond donors (Lipinski definition) is 0. The monoisotopic (exact) mass is 1080 g/mol. The topological polar surface area (TPSA) is 0 Å². The minimum atomic E-state index is 0.389. The van der Waals surface area contributed by atoms with Gasteiger partial charge in [-0.2, -0.15) is 0 Å². The van der Waals surface area contributed by atoms with Crippen molar-refractivity contribution >= 4 is 103 Å². The molecule has 0 bridgehead atoms. The summed E-state index contributed by atoms with van der Waals surface area (Å²) >= 11 is 6.31. The van der Waals surface area contributed by atoms with E-state index in [0.29, 0.717) is 15.9 Å². The van der Waals surface area contributed by atoms with Gasteiger partial charge in [0.25, 0.3) is 0 Å². The van der Waals surface area contributed by atoms with Gasteiger partial charge in [-0.25, -0.2) is 0 Å².